The largest absolute Gasteiger partial charge is 0.481 e. The van der Waals surface area contributed by atoms with Crippen molar-refractivity contribution in [3.63, 3.8) is 0 Å². The Morgan fingerprint density at radius 2 is 1.75 bits per heavy atom. The van der Waals surface area contributed by atoms with Crippen LogP contribution in [0.1, 0.15) is 6.92 Å². The lowest BCUT2D eigenvalue weighted by molar-refractivity contribution is -0.141. The number of hydrogen-bond donors (Lipinski definition) is 1. The Kier molecular flexibility index (Phi) is 5.35. The molecule has 2 amide bonds. The summed E-state index contributed by atoms with van der Waals surface area (Å²) in [7, 11) is -1.68. The zero-order chi connectivity index (χ0) is 15.5. The predicted molar refractivity (Wildman–Crippen MR) is 72.8 cm³/mol. The number of nitrogens with zero attached hydrogens (tertiary/aromatic N) is 3. The van der Waals surface area contributed by atoms with E-state index >= 15 is 0 Å². The SMILES string of the molecule is CC(CN(C)C(=O)N1CCN(S(C)(=O)=O)CC1)C(=O)O. The fourth-order valence-corrected chi connectivity index (χ4v) is 2.85. The van der Waals surface area contributed by atoms with Crippen LogP contribution in [0.5, 0.6) is 0 Å². The van der Waals surface area contributed by atoms with E-state index in [9.17, 15) is 18.0 Å². The summed E-state index contributed by atoms with van der Waals surface area (Å²) in [6.07, 6.45) is 1.14. The van der Waals surface area contributed by atoms with E-state index < -0.39 is 21.9 Å². The number of carboxylic acids is 1. The molecule has 1 rings (SSSR count). The van der Waals surface area contributed by atoms with Gasteiger partial charge in [0.2, 0.25) is 10.0 Å². The van der Waals surface area contributed by atoms with E-state index in [1.165, 1.54) is 21.0 Å². The van der Waals surface area contributed by atoms with Crippen molar-refractivity contribution in [1.29, 1.82) is 0 Å². The van der Waals surface area contributed by atoms with E-state index in [4.69, 9.17) is 5.11 Å². The summed E-state index contributed by atoms with van der Waals surface area (Å²) in [5.74, 6) is -1.59. The molecule has 0 aromatic rings. The fraction of sp³-hybridized carbons (Fsp3) is 0.818. The van der Waals surface area contributed by atoms with Gasteiger partial charge >= 0.3 is 12.0 Å². The van der Waals surface area contributed by atoms with E-state index in [0.29, 0.717) is 13.1 Å². The molecule has 0 aliphatic carbocycles. The zero-order valence-corrected chi connectivity index (χ0v) is 12.8. The smallest absolute Gasteiger partial charge is 0.319 e. The average molecular weight is 307 g/mol. The van der Waals surface area contributed by atoms with Gasteiger partial charge in [0.15, 0.2) is 0 Å². The van der Waals surface area contributed by atoms with Gasteiger partial charge in [0.1, 0.15) is 0 Å². The monoisotopic (exact) mass is 307 g/mol. The Morgan fingerprint density at radius 3 is 2.15 bits per heavy atom. The van der Waals surface area contributed by atoms with Gasteiger partial charge in [-0.25, -0.2) is 13.2 Å². The highest BCUT2D eigenvalue weighted by molar-refractivity contribution is 7.88. The number of amides is 2. The van der Waals surface area contributed by atoms with Gasteiger partial charge in [-0.2, -0.15) is 4.31 Å². The molecule has 1 aliphatic rings. The van der Waals surface area contributed by atoms with Crippen LogP contribution in [0, 0.1) is 5.92 Å². The van der Waals surface area contributed by atoms with Crippen LogP contribution in [0.3, 0.4) is 0 Å². The summed E-state index contributed by atoms with van der Waals surface area (Å²) in [6, 6.07) is -0.272. The molecule has 0 bridgehead atoms. The number of carbonyl (C=O) groups is 2. The average Bonchev–Trinajstić information content (AvgIpc) is 2.36. The van der Waals surface area contributed by atoms with E-state index in [-0.39, 0.29) is 25.7 Å². The highest BCUT2D eigenvalue weighted by Gasteiger charge is 2.28. The minimum atomic E-state index is -3.22. The number of carboxylic acid groups (broad SMARTS) is 1. The van der Waals surface area contributed by atoms with Crippen LogP contribution in [-0.4, -0.2) is 85.7 Å². The van der Waals surface area contributed by atoms with E-state index in [0.717, 1.165) is 6.26 Å². The maximum atomic E-state index is 12.1. The van der Waals surface area contributed by atoms with E-state index in [2.05, 4.69) is 0 Å². The molecule has 9 heteroatoms. The number of hydrogen-bond acceptors (Lipinski definition) is 4. The van der Waals surface area contributed by atoms with Crippen molar-refractivity contribution in [1.82, 2.24) is 14.1 Å². The van der Waals surface area contributed by atoms with E-state index in [1.807, 2.05) is 0 Å². The van der Waals surface area contributed by atoms with Crippen LogP contribution < -0.4 is 0 Å². The highest BCUT2D eigenvalue weighted by atomic mass is 32.2. The van der Waals surface area contributed by atoms with Gasteiger partial charge in [-0.3, -0.25) is 4.79 Å². The Balaban J connectivity index is 2.52. The second kappa shape index (κ2) is 6.40. The lowest BCUT2D eigenvalue weighted by Crippen LogP contribution is -2.53. The number of rotatable bonds is 4. The number of sulfonamides is 1. The van der Waals surface area contributed by atoms with E-state index in [1.54, 1.807) is 7.05 Å². The van der Waals surface area contributed by atoms with Crippen LogP contribution in [0.15, 0.2) is 0 Å². The third-order valence-corrected chi connectivity index (χ3v) is 4.58. The van der Waals surface area contributed by atoms with Crippen LogP contribution >= 0.6 is 0 Å². The third kappa shape index (κ3) is 4.34. The molecule has 0 radical (unpaired) electrons. The molecule has 1 atom stereocenters. The molecule has 1 saturated heterocycles. The predicted octanol–water partition coefficient (Wildman–Crippen LogP) is -0.664. The molecular weight excluding hydrogens is 286 g/mol. The van der Waals surface area contributed by atoms with Crippen molar-refractivity contribution in [3.8, 4) is 0 Å². The van der Waals surface area contributed by atoms with Crippen molar-refractivity contribution >= 4 is 22.0 Å². The van der Waals surface area contributed by atoms with Gasteiger partial charge < -0.3 is 14.9 Å². The molecule has 0 saturated carbocycles. The van der Waals surface area contributed by atoms with Crippen LogP contribution in [0.4, 0.5) is 4.79 Å². The van der Waals surface area contributed by atoms with Gasteiger partial charge in [0, 0.05) is 39.8 Å². The molecule has 0 spiro atoms. The first-order chi connectivity index (χ1) is 9.12. The maximum absolute atomic E-state index is 12.1. The number of carbonyl (C=O) groups excluding carboxylic acids is 1. The first-order valence-electron chi connectivity index (χ1n) is 6.31. The quantitative estimate of drug-likeness (QED) is 0.743. The van der Waals surface area contributed by atoms with Crippen LogP contribution in [-0.2, 0) is 14.8 Å². The summed E-state index contributed by atoms with van der Waals surface area (Å²) in [4.78, 5) is 25.8. The molecule has 1 fully saturated rings. The van der Waals surface area contributed by atoms with Gasteiger partial charge in [0.25, 0.3) is 0 Å². The minimum absolute atomic E-state index is 0.125. The molecule has 20 heavy (non-hydrogen) atoms. The Hall–Kier alpha value is -1.35. The summed E-state index contributed by atoms with van der Waals surface area (Å²) >= 11 is 0. The normalized spacial score (nSPS) is 18.6. The van der Waals surface area contributed by atoms with Crippen LogP contribution in [0.25, 0.3) is 0 Å². The molecule has 0 aromatic heterocycles. The standard InChI is InChI=1S/C11H21N3O5S/c1-9(10(15)16)8-12(2)11(17)13-4-6-14(7-5-13)20(3,18)19/h9H,4-8H2,1-3H3,(H,15,16). The first-order valence-corrected chi connectivity index (χ1v) is 8.15. The highest BCUT2D eigenvalue weighted by Crippen LogP contribution is 2.09. The second-order valence-electron chi connectivity index (χ2n) is 5.05. The molecule has 0 aromatic carbocycles. The molecule has 1 N–H and O–H groups in total. The molecule has 8 nitrogen and oxygen atoms in total. The Bertz CT molecular complexity index is 470. The van der Waals surface area contributed by atoms with Gasteiger partial charge in [-0.15, -0.1) is 0 Å². The summed E-state index contributed by atoms with van der Waals surface area (Å²) in [5.41, 5.74) is 0. The maximum Gasteiger partial charge on any atom is 0.319 e. The first kappa shape index (κ1) is 16.7. The topological polar surface area (TPSA) is 98.2 Å². The number of aliphatic carboxylic acids is 1. The minimum Gasteiger partial charge on any atom is -0.481 e. The zero-order valence-electron chi connectivity index (χ0n) is 11.9. The van der Waals surface area contributed by atoms with Crippen molar-refractivity contribution in [2.24, 2.45) is 5.92 Å². The number of urea groups is 1. The molecule has 1 heterocycles. The lowest BCUT2D eigenvalue weighted by atomic mass is 10.2. The van der Waals surface area contributed by atoms with Crippen LogP contribution in [0.2, 0.25) is 0 Å². The third-order valence-electron chi connectivity index (χ3n) is 3.27. The lowest BCUT2D eigenvalue weighted by Gasteiger charge is -2.35. The van der Waals surface area contributed by atoms with Crippen molar-refractivity contribution in [2.75, 3.05) is 46.0 Å². The van der Waals surface area contributed by atoms with Gasteiger partial charge in [-0.1, -0.05) is 6.92 Å². The van der Waals surface area contributed by atoms with Gasteiger partial charge in [0.05, 0.1) is 12.2 Å². The molecule has 1 unspecified atom stereocenters. The number of piperazine rings is 1. The summed E-state index contributed by atoms with van der Waals surface area (Å²) in [5, 5.41) is 8.82. The fourth-order valence-electron chi connectivity index (χ4n) is 2.02. The summed E-state index contributed by atoms with van der Waals surface area (Å²) < 4.78 is 24.1. The Morgan fingerprint density at radius 1 is 1.25 bits per heavy atom. The summed E-state index contributed by atoms with van der Waals surface area (Å²) in [6.45, 7) is 2.84. The molecular formula is C11H21N3O5S. The Labute approximate surface area is 119 Å². The van der Waals surface area contributed by atoms with Crippen molar-refractivity contribution in [3.05, 3.63) is 0 Å². The van der Waals surface area contributed by atoms with Crippen molar-refractivity contribution in [2.45, 2.75) is 6.92 Å². The molecule has 116 valence electrons. The van der Waals surface area contributed by atoms with Crippen molar-refractivity contribution < 1.29 is 23.1 Å². The molecule has 1 aliphatic heterocycles. The second-order valence-corrected chi connectivity index (χ2v) is 7.03. The van der Waals surface area contributed by atoms with Gasteiger partial charge in [-0.05, 0) is 0 Å².